The molecule has 0 bridgehead atoms. The minimum atomic E-state index is -1.92. The molecule has 0 atom stereocenters. The van der Waals surface area contributed by atoms with Crippen molar-refractivity contribution in [3.8, 4) is 0 Å². The van der Waals surface area contributed by atoms with E-state index >= 15 is 0 Å². The Balaban J connectivity index is 2.62. The molecule has 1 heterocycles. The third-order valence-electron chi connectivity index (χ3n) is 2.15. The van der Waals surface area contributed by atoms with E-state index in [0.717, 1.165) is 14.5 Å². The molecule has 1 aromatic carbocycles. The average Bonchev–Trinajstić information content (AvgIpc) is 2.57. The summed E-state index contributed by atoms with van der Waals surface area (Å²) in [5, 5.41) is 0.767. The molecular weight excluding hydrogens is 383 g/mol. The van der Waals surface area contributed by atoms with Gasteiger partial charge in [-0.15, -0.1) is 0 Å². The molecule has 84 valence electrons. The Morgan fingerprint density at radius 2 is 2.00 bits per heavy atom. The summed E-state index contributed by atoms with van der Waals surface area (Å²) >= 11 is 18.9. The van der Waals surface area contributed by atoms with Crippen molar-refractivity contribution in [3.63, 3.8) is 0 Å². The Bertz CT molecular complexity index is 559. The minimum absolute atomic E-state index is 0.397. The van der Waals surface area contributed by atoms with Crippen LogP contribution in [0.2, 0.25) is 0 Å². The summed E-state index contributed by atoms with van der Waals surface area (Å²) in [5.41, 5.74) is 1.24. The number of Topliss-reactive ketones (excluding diaryl/α,β-unsaturated/α-hetero) is 1. The van der Waals surface area contributed by atoms with Gasteiger partial charge in [0, 0.05) is 26.2 Å². The highest BCUT2D eigenvalue weighted by Crippen LogP contribution is 2.33. The van der Waals surface area contributed by atoms with Crippen LogP contribution < -0.4 is 0 Å². The Morgan fingerprint density at radius 1 is 1.31 bits per heavy atom. The van der Waals surface area contributed by atoms with Crippen LogP contribution >= 0.6 is 57.4 Å². The molecule has 0 aliphatic carbocycles. The van der Waals surface area contributed by atoms with Gasteiger partial charge < -0.3 is 4.98 Å². The first-order valence-electron chi connectivity index (χ1n) is 4.28. The van der Waals surface area contributed by atoms with Gasteiger partial charge in [0.05, 0.1) is 0 Å². The van der Waals surface area contributed by atoms with Crippen molar-refractivity contribution in [1.82, 2.24) is 4.98 Å². The zero-order valence-electron chi connectivity index (χ0n) is 7.73. The quantitative estimate of drug-likeness (QED) is 0.440. The molecule has 1 N–H and O–H groups in total. The van der Waals surface area contributed by atoms with Crippen LogP contribution in [0.1, 0.15) is 10.4 Å². The number of nitrogens with one attached hydrogen (secondary N) is 1. The molecule has 0 fully saturated rings. The summed E-state index contributed by atoms with van der Waals surface area (Å²) in [6.07, 6.45) is 1.56. The molecule has 6 heteroatoms. The third-order valence-corrected chi connectivity index (χ3v) is 3.33. The number of carbonyl (C=O) groups is 1. The summed E-state index contributed by atoms with van der Waals surface area (Å²) in [4.78, 5) is 14.8. The van der Waals surface area contributed by atoms with E-state index in [2.05, 4.69) is 27.6 Å². The van der Waals surface area contributed by atoms with Crippen LogP contribution in [-0.2, 0) is 0 Å². The summed E-state index contributed by atoms with van der Waals surface area (Å²) in [7, 11) is 0. The van der Waals surface area contributed by atoms with E-state index < -0.39 is 9.58 Å². The van der Waals surface area contributed by atoms with E-state index in [0.29, 0.717) is 5.56 Å². The van der Waals surface area contributed by atoms with Gasteiger partial charge in [0.15, 0.2) is 0 Å². The maximum atomic E-state index is 11.8. The van der Waals surface area contributed by atoms with Gasteiger partial charge in [-0.25, -0.2) is 0 Å². The SMILES string of the molecule is O=C(c1c[nH]c2ccc(I)cc12)C(Cl)(Cl)Cl. The lowest BCUT2D eigenvalue weighted by Crippen LogP contribution is -2.18. The van der Waals surface area contributed by atoms with E-state index in [9.17, 15) is 4.79 Å². The molecule has 0 amide bonds. The topological polar surface area (TPSA) is 32.9 Å². The molecule has 0 saturated heterocycles. The van der Waals surface area contributed by atoms with Gasteiger partial charge >= 0.3 is 0 Å². The van der Waals surface area contributed by atoms with E-state index in [1.165, 1.54) is 0 Å². The molecule has 0 unspecified atom stereocenters. The van der Waals surface area contributed by atoms with Crippen molar-refractivity contribution in [1.29, 1.82) is 0 Å². The van der Waals surface area contributed by atoms with Gasteiger partial charge in [0.2, 0.25) is 5.78 Å². The fraction of sp³-hybridized carbons (Fsp3) is 0.100. The Hall–Kier alpha value is 0.0300. The van der Waals surface area contributed by atoms with Gasteiger partial charge in [-0.3, -0.25) is 4.79 Å². The van der Waals surface area contributed by atoms with Crippen molar-refractivity contribution in [2.45, 2.75) is 3.79 Å². The number of aromatic amines is 1. The van der Waals surface area contributed by atoms with E-state index in [1.54, 1.807) is 6.20 Å². The van der Waals surface area contributed by atoms with Crippen molar-refractivity contribution in [2.75, 3.05) is 0 Å². The second-order valence-corrected chi connectivity index (χ2v) is 6.75. The molecule has 2 aromatic rings. The molecule has 2 nitrogen and oxygen atoms in total. The lowest BCUT2D eigenvalue weighted by molar-refractivity contribution is 0.0998. The molecule has 0 radical (unpaired) electrons. The summed E-state index contributed by atoms with van der Waals surface area (Å²) in [6.45, 7) is 0. The molecular formula is C10H5Cl3INO. The third kappa shape index (κ3) is 2.32. The zero-order chi connectivity index (χ0) is 11.9. The van der Waals surface area contributed by atoms with Gasteiger partial charge in [-0.05, 0) is 40.8 Å². The van der Waals surface area contributed by atoms with Crippen molar-refractivity contribution in [2.24, 2.45) is 0 Å². The number of benzene rings is 1. The fourth-order valence-corrected chi connectivity index (χ4v) is 2.23. The first kappa shape index (κ1) is 12.5. The van der Waals surface area contributed by atoms with Crippen LogP contribution in [0.4, 0.5) is 0 Å². The molecule has 0 aliphatic rings. The molecule has 0 aliphatic heterocycles. The van der Waals surface area contributed by atoms with Crippen molar-refractivity contribution in [3.05, 3.63) is 33.5 Å². The summed E-state index contributed by atoms with van der Waals surface area (Å²) in [5.74, 6) is -0.522. The van der Waals surface area contributed by atoms with Gasteiger partial charge in [-0.2, -0.15) is 0 Å². The second-order valence-electron chi connectivity index (χ2n) is 3.22. The van der Waals surface area contributed by atoms with Crippen LogP contribution in [0.5, 0.6) is 0 Å². The predicted molar refractivity (Wildman–Crippen MR) is 75.6 cm³/mol. The Kier molecular flexibility index (Phi) is 3.41. The Morgan fingerprint density at radius 3 is 2.62 bits per heavy atom. The van der Waals surface area contributed by atoms with Crippen LogP contribution in [0, 0.1) is 3.57 Å². The lowest BCUT2D eigenvalue weighted by atomic mass is 10.1. The minimum Gasteiger partial charge on any atom is -0.360 e. The number of H-pyrrole nitrogens is 1. The largest absolute Gasteiger partial charge is 0.360 e. The highest BCUT2D eigenvalue weighted by Gasteiger charge is 2.33. The zero-order valence-corrected chi connectivity index (χ0v) is 12.2. The number of rotatable bonds is 1. The van der Waals surface area contributed by atoms with Crippen LogP contribution in [0.15, 0.2) is 24.4 Å². The molecule has 16 heavy (non-hydrogen) atoms. The van der Waals surface area contributed by atoms with Gasteiger partial charge in [0.1, 0.15) is 0 Å². The van der Waals surface area contributed by atoms with Crippen LogP contribution in [0.3, 0.4) is 0 Å². The number of fused-ring (bicyclic) bond motifs is 1. The summed E-state index contributed by atoms with van der Waals surface area (Å²) < 4.78 is -0.904. The van der Waals surface area contributed by atoms with Gasteiger partial charge in [-0.1, -0.05) is 34.8 Å². The standard InChI is InChI=1S/C10H5Cl3INO/c11-10(12,13)9(16)7-4-15-8-2-1-5(14)3-6(7)8/h1-4,15H. The number of halogens is 4. The number of ketones is 1. The number of hydrogen-bond donors (Lipinski definition) is 1. The number of carbonyl (C=O) groups excluding carboxylic acids is 1. The second kappa shape index (κ2) is 4.37. The Labute approximate surface area is 120 Å². The highest BCUT2D eigenvalue weighted by molar-refractivity contribution is 14.1. The van der Waals surface area contributed by atoms with E-state index in [1.807, 2.05) is 18.2 Å². The maximum Gasteiger partial charge on any atom is 0.253 e. The van der Waals surface area contributed by atoms with E-state index in [-0.39, 0.29) is 0 Å². The molecule has 1 aromatic heterocycles. The van der Waals surface area contributed by atoms with E-state index in [4.69, 9.17) is 34.8 Å². The first-order valence-corrected chi connectivity index (χ1v) is 6.49. The normalized spacial score (nSPS) is 12.0. The average molecular weight is 388 g/mol. The van der Waals surface area contributed by atoms with Crippen LogP contribution in [0.25, 0.3) is 10.9 Å². The smallest absolute Gasteiger partial charge is 0.253 e. The lowest BCUT2D eigenvalue weighted by Gasteiger charge is -2.07. The number of hydrogen-bond acceptors (Lipinski definition) is 1. The fourth-order valence-electron chi connectivity index (χ4n) is 1.43. The number of alkyl halides is 3. The van der Waals surface area contributed by atoms with Crippen molar-refractivity contribution < 1.29 is 4.79 Å². The van der Waals surface area contributed by atoms with Gasteiger partial charge in [0.25, 0.3) is 3.79 Å². The predicted octanol–water partition coefficient (Wildman–Crippen LogP) is 4.33. The summed E-state index contributed by atoms with van der Waals surface area (Å²) in [6, 6.07) is 5.69. The number of aromatic nitrogens is 1. The maximum absolute atomic E-state index is 11.8. The monoisotopic (exact) mass is 387 g/mol. The molecule has 0 saturated carbocycles. The molecule has 2 rings (SSSR count). The first-order chi connectivity index (χ1) is 7.39. The highest BCUT2D eigenvalue weighted by atomic mass is 127. The molecule has 0 spiro atoms. The van der Waals surface area contributed by atoms with Crippen molar-refractivity contribution >= 4 is 74.1 Å². The van der Waals surface area contributed by atoms with Crippen LogP contribution in [-0.4, -0.2) is 14.6 Å².